The molecule has 0 aliphatic carbocycles. The number of carbonyl (C=O) groups excluding carboxylic acids is 3. The second-order valence-electron chi connectivity index (χ2n) is 5.78. The first kappa shape index (κ1) is 18.7. The molecule has 8 heteroatoms. The van der Waals surface area contributed by atoms with E-state index in [9.17, 15) is 14.4 Å². The molecule has 0 atom stereocenters. The maximum absolute atomic E-state index is 12.4. The number of benzene rings is 1. The molecule has 1 aromatic heterocycles. The van der Waals surface area contributed by atoms with Gasteiger partial charge < -0.3 is 9.73 Å². The Labute approximate surface area is 168 Å². The molecule has 0 saturated carbocycles. The number of carbonyl (C=O) groups is 3. The molecule has 2 aromatic rings. The third-order valence-electron chi connectivity index (χ3n) is 3.70. The largest absolute Gasteiger partial charge is 0.451 e. The summed E-state index contributed by atoms with van der Waals surface area (Å²) in [6.45, 7) is 3.52. The lowest BCUT2D eigenvalue weighted by molar-refractivity contribution is -0.127. The van der Waals surface area contributed by atoms with Gasteiger partial charge in [0, 0.05) is 11.8 Å². The number of imide groups is 1. The molecular formula is C18H15IN2O4S. The molecule has 1 aliphatic rings. The first-order chi connectivity index (χ1) is 12.3. The van der Waals surface area contributed by atoms with E-state index < -0.39 is 17.1 Å². The molecule has 6 nitrogen and oxygen atoms in total. The first-order valence-electron chi connectivity index (χ1n) is 7.71. The number of rotatable bonds is 4. The maximum Gasteiger partial charge on any atom is 0.294 e. The smallest absolute Gasteiger partial charge is 0.294 e. The number of furan rings is 1. The third-order valence-corrected chi connectivity index (χ3v) is 5.19. The minimum absolute atomic E-state index is 0.236. The third kappa shape index (κ3) is 4.18. The molecule has 1 fully saturated rings. The predicted octanol–water partition coefficient (Wildman–Crippen LogP) is 4.18. The Balaban J connectivity index is 1.69. The summed E-state index contributed by atoms with van der Waals surface area (Å²) in [4.78, 5) is 38.0. The van der Waals surface area contributed by atoms with Gasteiger partial charge in [-0.2, -0.15) is 0 Å². The van der Waals surface area contributed by atoms with E-state index in [-0.39, 0.29) is 11.4 Å². The van der Waals surface area contributed by atoms with E-state index in [1.54, 1.807) is 18.2 Å². The number of nitrogens with zero attached hydrogens (tertiary/aromatic N) is 1. The molecule has 3 rings (SSSR count). The molecule has 3 amide bonds. The van der Waals surface area contributed by atoms with Crippen LogP contribution in [0.15, 0.2) is 39.7 Å². The number of hydrogen-bond acceptors (Lipinski definition) is 5. The van der Waals surface area contributed by atoms with Gasteiger partial charge in [0.2, 0.25) is 5.91 Å². The fourth-order valence-corrected chi connectivity index (χ4v) is 3.71. The highest BCUT2D eigenvalue weighted by Crippen LogP contribution is 2.32. The molecular weight excluding hydrogens is 467 g/mol. The zero-order valence-corrected chi connectivity index (χ0v) is 17.0. The van der Waals surface area contributed by atoms with Crippen LogP contribution in [0, 0.1) is 17.6 Å². The zero-order valence-electron chi connectivity index (χ0n) is 14.0. The monoisotopic (exact) mass is 482 g/mol. The average Bonchev–Trinajstić information content (AvgIpc) is 3.09. The summed E-state index contributed by atoms with van der Waals surface area (Å²) < 4.78 is 6.06. The molecule has 0 bridgehead atoms. The van der Waals surface area contributed by atoms with Crippen molar-refractivity contribution in [3.05, 3.63) is 55.9 Å². The Morgan fingerprint density at radius 1 is 1.27 bits per heavy atom. The standard InChI is InChI=1S/C18H15IN2O4S/c1-10-3-5-13(11(2)7-10)20-16(22)9-21-17(23)14(26-18(21)24)8-12-4-6-15(19)25-12/h3-8H,9H2,1-2H3,(H,20,22)/b14-8-. The lowest BCUT2D eigenvalue weighted by atomic mass is 10.1. The van der Waals surface area contributed by atoms with Crippen molar-refractivity contribution >= 4 is 63.2 Å². The maximum atomic E-state index is 12.4. The van der Waals surface area contributed by atoms with Gasteiger partial charge in [-0.15, -0.1) is 0 Å². The lowest BCUT2D eigenvalue weighted by Gasteiger charge is -2.13. The SMILES string of the molecule is Cc1ccc(NC(=O)CN2C(=O)S/C(=C\c3ccc(I)o3)C2=O)c(C)c1. The summed E-state index contributed by atoms with van der Waals surface area (Å²) in [7, 11) is 0. The van der Waals surface area contributed by atoms with Gasteiger partial charge in [-0.3, -0.25) is 19.3 Å². The molecule has 0 spiro atoms. The van der Waals surface area contributed by atoms with Gasteiger partial charge in [0.25, 0.3) is 11.1 Å². The Bertz CT molecular complexity index is 935. The van der Waals surface area contributed by atoms with Crippen LogP contribution in [-0.2, 0) is 9.59 Å². The number of nitrogens with one attached hydrogen (secondary N) is 1. The highest BCUT2D eigenvalue weighted by atomic mass is 127. The normalized spacial score (nSPS) is 15.8. The Hall–Kier alpha value is -2.07. The van der Waals surface area contributed by atoms with Gasteiger partial charge in [0.15, 0.2) is 3.77 Å². The Kier molecular flexibility index (Phi) is 5.52. The fraction of sp³-hybridized carbons (Fsp3) is 0.167. The van der Waals surface area contributed by atoms with Gasteiger partial charge in [0.05, 0.1) is 4.91 Å². The van der Waals surface area contributed by atoms with Crippen molar-refractivity contribution in [1.29, 1.82) is 0 Å². The summed E-state index contributed by atoms with van der Waals surface area (Å²) in [6, 6.07) is 9.10. The van der Waals surface area contributed by atoms with Crippen molar-refractivity contribution in [2.75, 3.05) is 11.9 Å². The molecule has 1 N–H and O–H groups in total. The molecule has 2 heterocycles. The number of anilines is 1. The van der Waals surface area contributed by atoms with Crippen molar-refractivity contribution in [2.45, 2.75) is 13.8 Å². The number of aryl methyl sites for hydroxylation is 2. The van der Waals surface area contributed by atoms with Crippen molar-refractivity contribution in [3.63, 3.8) is 0 Å². The first-order valence-corrected chi connectivity index (χ1v) is 9.61. The van der Waals surface area contributed by atoms with Gasteiger partial charge >= 0.3 is 0 Å². The van der Waals surface area contributed by atoms with E-state index in [2.05, 4.69) is 5.32 Å². The minimum atomic E-state index is -0.498. The molecule has 1 saturated heterocycles. The molecule has 0 radical (unpaired) electrons. The van der Waals surface area contributed by atoms with Crippen LogP contribution in [-0.4, -0.2) is 28.5 Å². The van der Waals surface area contributed by atoms with Gasteiger partial charge in [-0.05, 0) is 72.0 Å². The lowest BCUT2D eigenvalue weighted by Crippen LogP contribution is -2.36. The summed E-state index contributed by atoms with van der Waals surface area (Å²) in [5, 5.41) is 2.27. The molecule has 0 unspecified atom stereocenters. The highest BCUT2D eigenvalue weighted by molar-refractivity contribution is 14.1. The number of thioether (sulfide) groups is 1. The van der Waals surface area contributed by atoms with Crippen molar-refractivity contribution in [2.24, 2.45) is 0 Å². The molecule has 1 aromatic carbocycles. The van der Waals surface area contributed by atoms with Crippen LogP contribution in [0.5, 0.6) is 0 Å². The van der Waals surface area contributed by atoms with Crippen LogP contribution < -0.4 is 5.32 Å². The van der Waals surface area contributed by atoms with Gasteiger partial charge in [0.1, 0.15) is 12.3 Å². The summed E-state index contributed by atoms with van der Waals surface area (Å²) >= 11 is 2.81. The van der Waals surface area contributed by atoms with Gasteiger partial charge in [-0.1, -0.05) is 17.7 Å². The van der Waals surface area contributed by atoms with E-state index >= 15 is 0 Å². The van der Waals surface area contributed by atoms with E-state index in [0.29, 0.717) is 15.2 Å². The molecule has 1 aliphatic heterocycles. The number of amides is 3. The highest BCUT2D eigenvalue weighted by Gasteiger charge is 2.36. The summed E-state index contributed by atoms with van der Waals surface area (Å²) in [5.74, 6) is -0.435. The molecule has 134 valence electrons. The van der Waals surface area contributed by atoms with Crippen LogP contribution >= 0.6 is 34.4 Å². The number of hydrogen-bond donors (Lipinski definition) is 1. The van der Waals surface area contributed by atoms with E-state index in [1.165, 1.54) is 6.08 Å². The summed E-state index contributed by atoms with van der Waals surface area (Å²) in [5.41, 5.74) is 2.66. The van der Waals surface area contributed by atoms with Crippen LogP contribution in [0.25, 0.3) is 6.08 Å². The van der Waals surface area contributed by atoms with E-state index in [1.807, 2.05) is 48.6 Å². The van der Waals surface area contributed by atoms with Crippen LogP contribution in [0.2, 0.25) is 0 Å². The van der Waals surface area contributed by atoms with Crippen LogP contribution in [0.4, 0.5) is 10.5 Å². The quantitative estimate of drug-likeness (QED) is 0.523. The van der Waals surface area contributed by atoms with Crippen LogP contribution in [0.1, 0.15) is 16.9 Å². The minimum Gasteiger partial charge on any atom is -0.451 e. The topological polar surface area (TPSA) is 79.6 Å². The average molecular weight is 482 g/mol. The van der Waals surface area contributed by atoms with Crippen molar-refractivity contribution in [3.8, 4) is 0 Å². The van der Waals surface area contributed by atoms with E-state index in [0.717, 1.165) is 27.8 Å². The second kappa shape index (κ2) is 7.67. The Morgan fingerprint density at radius 3 is 2.69 bits per heavy atom. The van der Waals surface area contributed by atoms with Crippen molar-refractivity contribution < 1.29 is 18.8 Å². The predicted molar refractivity (Wildman–Crippen MR) is 109 cm³/mol. The Morgan fingerprint density at radius 2 is 2.04 bits per heavy atom. The molecule has 26 heavy (non-hydrogen) atoms. The number of halogens is 1. The van der Waals surface area contributed by atoms with Gasteiger partial charge in [-0.25, -0.2) is 0 Å². The van der Waals surface area contributed by atoms with Crippen LogP contribution in [0.3, 0.4) is 0 Å². The van der Waals surface area contributed by atoms with E-state index in [4.69, 9.17) is 4.42 Å². The zero-order chi connectivity index (χ0) is 18.8. The van der Waals surface area contributed by atoms with Crippen molar-refractivity contribution in [1.82, 2.24) is 4.90 Å². The fourth-order valence-electron chi connectivity index (χ4n) is 2.46. The second-order valence-corrected chi connectivity index (χ2v) is 7.83. The summed E-state index contributed by atoms with van der Waals surface area (Å²) in [6.07, 6.45) is 1.51.